The molecule has 173 valence electrons. The van der Waals surface area contributed by atoms with Crippen LogP contribution in [0.5, 0.6) is 0 Å². The number of hydrogen-bond acceptors (Lipinski definition) is 4. The molecule has 1 aliphatic heterocycles. The van der Waals surface area contributed by atoms with Gasteiger partial charge in [0.1, 0.15) is 0 Å². The number of hydrogen-bond donors (Lipinski definition) is 1. The van der Waals surface area contributed by atoms with Gasteiger partial charge in [-0.05, 0) is 42.4 Å². The molecule has 0 atom stereocenters. The first kappa shape index (κ1) is 24.5. The molecule has 0 saturated carbocycles. The quantitative estimate of drug-likeness (QED) is 0.100. The van der Waals surface area contributed by atoms with Crippen molar-refractivity contribution in [2.45, 2.75) is 26.9 Å². The zero-order chi connectivity index (χ0) is 23.3. The molecule has 6 rings (SSSR count). The zero-order valence-electron chi connectivity index (χ0n) is 19.4. The Morgan fingerprint density at radius 1 is 1.03 bits per heavy atom. The normalized spacial score (nSPS) is 13.7. The summed E-state index contributed by atoms with van der Waals surface area (Å²) in [5.74, 6) is -0.0625. The number of rotatable bonds is 1. The van der Waals surface area contributed by atoms with Crippen molar-refractivity contribution in [3.63, 3.8) is 0 Å². The first-order valence-electron chi connectivity index (χ1n) is 10.9. The summed E-state index contributed by atoms with van der Waals surface area (Å²) in [6.45, 7) is 7.81. The Hall–Kier alpha value is -2.63. The van der Waals surface area contributed by atoms with E-state index >= 15 is 0 Å². The van der Waals surface area contributed by atoms with Gasteiger partial charge in [-0.3, -0.25) is 4.79 Å². The monoisotopic (exact) mass is 659 g/mol. The average molecular weight is 659 g/mol. The molecule has 0 aliphatic carbocycles. The number of allylic oxidation sites excluding steroid dienone is 2. The number of nitrogens with zero attached hydrogens (tertiary/aromatic N) is 1. The fraction of sp³-hybridized carbons (Fsp3) is 0.143. The Bertz CT molecular complexity index is 1600. The Kier molecular flexibility index (Phi) is 6.62. The average Bonchev–Trinajstić information content (AvgIpc) is 3.12. The second-order valence-corrected chi connectivity index (χ2v) is 14.3. The maximum absolute atomic E-state index is 10.0. The van der Waals surface area contributed by atoms with E-state index < -0.39 is 8.07 Å². The molecule has 1 N–H and O–H groups in total. The summed E-state index contributed by atoms with van der Waals surface area (Å²) in [6.07, 6.45) is 3.12. The van der Waals surface area contributed by atoms with Crippen LogP contribution in [0.2, 0.25) is 13.1 Å². The minimum Gasteiger partial charge on any atom is -0.512 e. The van der Waals surface area contributed by atoms with Crippen molar-refractivity contribution in [3.05, 3.63) is 78.7 Å². The summed E-state index contributed by atoms with van der Waals surface area (Å²) in [5, 5.41) is 16.8. The number of fused-ring (bicyclic) bond motifs is 4. The molecule has 0 unspecified atom stereocenters. The van der Waals surface area contributed by atoms with Crippen LogP contribution in [0.15, 0.2) is 72.6 Å². The van der Waals surface area contributed by atoms with Crippen LogP contribution in [-0.4, -0.2) is 23.9 Å². The van der Waals surface area contributed by atoms with Crippen LogP contribution >= 0.6 is 11.3 Å². The molecule has 0 spiro atoms. The molecule has 34 heavy (non-hydrogen) atoms. The van der Waals surface area contributed by atoms with Crippen molar-refractivity contribution in [2.24, 2.45) is 0 Å². The number of aliphatic hydroxyl groups is 1. The minimum atomic E-state index is -1.93. The van der Waals surface area contributed by atoms with Crippen LogP contribution in [0, 0.1) is 6.07 Å². The van der Waals surface area contributed by atoms with E-state index in [9.17, 15) is 4.79 Å². The van der Waals surface area contributed by atoms with E-state index in [0.29, 0.717) is 0 Å². The van der Waals surface area contributed by atoms with Gasteiger partial charge >= 0.3 is 0 Å². The van der Waals surface area contributed by atoms with Gasteiger partial charge in [0.15, 0.2) is 5.78 Å². The van der Waals surface area contributed by atoms with Gasteiger partial charge < -0.3 is 10.1 Å². The van der Waals surface area contributed by atoms with Crippen molar-refractivity contribution in [1.29, 1.82) is 0 Å². The van der Waals surface area contributed by atoms with Gasteiger partial charge in [0, 0.05) is 41.8 Å². The molecule has 3 nitrogen and oxygen atoms in total. The van der Waals surface area contributed by atoms with E-state index in [1.165, 1.54) is 66.8 Å². The second kappa shape index (κ2) is 9.20. The molecule has 0 bridgehead atoms. The molecular weight excluding hydrogens is 635 g/mol. The third kappa shape index (κ3) is 3.95. The van der Waals surface area contributed by atoms with E-state index in [4.69, 9.17) is 10.1 Å². The second-order valence-electron chi connectivity index (χ2n) is 8.96. The van der Waals surface area contributed by atoms with Crippen LogP contribution in [0.1, 0.15) is 13.8 Å². The molecule has 3 heterocycles. The predicted octanol–water partition coefficient (Wildman–Crippen LogP) is 6.24. The van der Waals surface area contributed by atoms with E-state index in [-0.39, 0.29) is 31.6 Å². The van der Waals surface area contributed by atoms with E-state index in [0.717, 1.165) is 5.69 Å². The number of aliphatic hydroxyl groups excluding tert-OH is 1. The Balaban J connectivity index is 0.000000303. The molecule has 3 aromatic carbocycles. The summed E-state index contributed by atoms with van der Waals surface area (Å²) < 4.78 is 2.71. The Labute approximate surface area is 217 Å². The van der Waals surface area contributed by atoms with Crippen LogP contribution in [0.3, 0.4) is 0 Å². The van der Waals surface area contributed by atoms with E-state index in [1.807, 2.05) is 17.5 Å². The predicted molar refractivity (Wildman–Crippen MR) is 143 cm³/mol. The number of carbonyl (C=O) groups is 1. The number of aromatic nitrogens is 1. The molecule has 0 saturated heterocycles. The van der Waals surface area contributed by atoms with Crippen molar-refractivity contribution >= 4 is 66.5 Å². The number of thiophene rings is 1. The third-order valence-electron chi connectivity index (χ3n) is 6.21. The van der Waals surface area contributed by atoms with Gasteiger partial charge in [-0.15, -0.1) is 34.2 Å². The molecule has 5 aromatic rings. The summed E-state index contributed by atoms with van der Waals surface area (Å²) in [4.78, 5) is 14.9. The molecule has 6 heteroatoms. The first-order chi connectivity index (χ1) is 15.8. The van der Waals surface area contributed by atoms with Crippen LogP contribution < -0.4 is 10.4 Å². The summed E-state index contributed by atoms with van der Waals surface area (Å²) in [5.41, 5.74) is 2.32. The van der Waals surface area contributed by atoms with E-state index in [2.05, 4.69) is 73.8 Å². The van der Waals surface area contributed by atoms with Crippen molar-refractivity contribution in [1.82, 2.24) is 4.98 Å². The molecule has 0 amide bonds. The molecular formula is C28H24IrNO2SSi-. The maximum Gasteiger partial charge on any atom is 0.155 e. The number of ketones is 1. The topological polar surface area (TPSA) is 50.2 Å². The van der Waals surface area contributed by atoms with Gasteiger partial charge in [0.25, 0.3) is 0 Å². The summed E-state index contributed by atoms with van der Waals surface area (Å²) in [6, 6.07) is 23.5. The Morgan fingerprint density at radius 2 is 1.76 bits per heavy atom. The van der Waals surface area contributed by atoms with Crippen molar-refractivity contribution in [2.75, 3.05) is 0 Å². The SMILES string of the molecule is CC(=O)/C=C(/C)O.C[Si]1(C)c2c([c-]cc3ccccc23)-c2nccc3sc4cccc1c4c23.[Ir]. The van der Waals surface area contributed by atoms with Crippen LogP contribution in [-0.2, 0) is 24.9 Å². The molecule has 1 radical (unpaired) electrons. The van der Waals surface area contributed by atoms with Gasteiger partial charge in [-0.25, -0.2) is 0 Å². The Morgan fingerprint density at radius 3 is 2.47 bits per heavy atom. The maximum atomic E-state index is 10.0. The van der Waals surface area contributed by atoms with Crippen LogP contribution in [0.4, 0.5) is 0 Å². The van der Waals surface area contributed by atoms with Gasteiger partial charge in [0.05, 0.1) is 13.8 Å². The fourth-order valence-electron chi connectivity index (χ4n) is 4.95. The largest absolute Gasteiger partial charge is 0.512 e. The minimum absolute atomic E-state index is 0. The van der Waals surface area contributed by atoms with E-state index in [1.54, 1.807) is 0 Å². The smallest absolute Gasteiger partial charge is 0.155 e. The standard InChI is InChI=1S/C23H16NSSi.C5H8O2.Ir/c1-26(2)19-9-5-8-17-20(19)21-18(25-17)12-13-24-22(21)16-11-10-14-6-3-4-7-15(14)23(16)26;1-4(6)3-5(2)7;/h3-10,12-13H,1-2H3;3,6H,1-2H3;/q-1;;/b;4-3-;. The number of carbonyl (C=O) groups excluding carboxylic acids is 1. The third-order valence-corrected chi connectivity index (χ3v) is 10.9. The van der Waals surface area contributed by atoms with Crippen molar-refractivity contribution in [3.8, 4) is 11.3 Å². The van der Waals surface area contributed by atoms with Gasteiger partial charge in [-0.1, -0.05) is 65.5 Å². The summed E-state index contributed by atoms with van der Waals surface area (Å²) >= 11 is 1.89. The number of pyridine rings is 1. The van der Waals surface area contributed by atoms with Gasteiger partial charge in [-0.2, -0.15) is 0 Å². The first-order valence-corrected chi connectivity index (χ1v) is 14.7. The molecule has 1 aliphatic rings. The van der Waals surface area contributed by atoms with Crippen molar-refractivity contribution < 1.29 is 30.0 Å². The van der Waals surface area contributed by atoms with Gasteiger partial charge in [0.2, 0.25) is 0 Å². The number of benzene rings is 3. The summed E-state index contributed by atoms with van der Waals surface area (Å²) in [7, 11) is -1.93. The van der Waals surface area contributed by atoms with Crippen LogP contribution in [0.25, 0.3) is 42.2 Å². The molecule has 2 aromatic heterocycles. The fourth-order valence-corrected chi connectivity index (χ4v) is 9.55. The molecule has 0 fully saturated rings. The zero-order valence-corrected chi connectivity index (χ0v) is 23.6.